The van der Waals surface area contributed by atoms with Crippen LogP contribution in [0.25, 0.3) is 0 Å². The number of benzene rings is 1. The van der Waals surface area contributed by atoms with Gasteiger partial charge in [0, 0.05) is 14.8 Å². The summed E-state index contributed by atoms with van der Waals surface area (Å²) in [4.78, 5) is 0. The Kier molecular flexibility index (Phi) is 4.25. The maximum absolute atomic E-state index is 8.88. The van der Waals surface area contributed by atoms with Crippen LogP contribution in [-0.2, 0) is 0 Å². The van der Waals surface area contributed by atoms with Gasteiger partial charge >= 0.3 is 0 Å². The van der Waals surface area contributed by atoms with Gasteiger partial charge < -0.3 is 0 Å². The van der Waals surface area contributed by atoms with Crippen molar-refractivity contribution < 1.29 is 0 Å². The molecule has 0 saturated carbocycles. The van der Waals surface area contributed by atoms with Crippen molar-refractivity contribution in [3.8, 4) is 6.07 Å². The summed E-state index contributed by atoms with van der Waals surface area (Å²) in [5, 5.41) is 8.88. The van der Waals surface area contributed by atoms with Crippen molar-refractivity contribution in [2.24, 2.45) is 0 Å². The van der Waals surface area contributed by atoms with Crippen LogP contribution in [0.1, 0.15) is 11.5 Å². The predicted octanol–water partition coefficient (Wildman–Crippen LogP) is 1.12. The summed E-state index contributed by atoms with van der Waals surface area (Å²) in [6.45, 7) is 0. The van der Waals surface area contributed by atoms with Crippen LogP contribution in [0.4, 0.5) is 0 Å². The molecule has 0 aromatic heterocycles. The molecule has 0 fully saturated rings. The van der Waals surface area contributed by atoms with Crippen LogP contribution in [0.3, 0.4) is 0 Å². The molecule has 1 atom stereocenters. The van der Waals surface area contributed by atoms with Crippen LogP contribution >= 0.6 is 0 Å². The maximum Gasteiger partial charge on any atom is 0.0696 e. The second-order valence-electron chi connectivity index (χ2n) is 2.76. The molecule has 0 saturated heterocycles. The quantitative estimate of drug-likeness (QED) is 0.609. The summed E-state index contributed by atoms with van der Waals surface area (Å²) in [6.07, 6.45) is 0.678. The first-order valence-electron chi connectivity index (χ1n) is 4.19. The standard InChI is InChI=1S/C9H8B3N/c10-12-11-6-9(7-13)8-4-2-1-3-5-8/h1-5,9H,6H2. The average molecular weight is 163 g/mol. The Balaban J connectivity index is 2.63. The molecule has 1 nitrogen and oxygen atoms in total. The number of hydrogen-bond donors (Lipinski definition) is 0. The van der Waals surface area contributed by atoms with Gasteiger partial charge in [-0.3, -0.25) is 0 Å². The zero-order valence-corrected chi connectivity index (χ0v) is 7.35. The molecule has 4 radical (unpaired) electrons. The van der Waals surface area contributed by atoms with E-state index in [2.05, 4.69) is 6.07 Å². The highest BCUT2D eigenvalue weighted by Crippen LogP contribution is 2.17. The molecule has 1 unspecified atom stereocenters. The largest absolute Gasteiger partial charge is 0.198 e. The number of nitriles is 1. The molecule has 4 heteroatoms. The molecule has 0 spiro atoms. The molecule has 0 N–H and O–H groups in total. The predicted molar refractivity (Wildman–Crippen MR) is 56.9 cm³/mol. The fourth-order valence-corrected chi connectivity index (χ4v) is 1.16. The molecule has 0 aliphatic heterocycles. The smallest absolute Gasteiger partial charge is 0.0696 e. The van der Waals surface area contributed by atoms with Crippen LogP contribution in [0.15, 0.2) is 30.3 Å². The Hall–Kier alpha value is -1.10. The lowest BCUT2D eigenvalue weighted by molar-refractivity contribution is 0.976. The van der Waals surface area contributed by atoms with E-state index < -0.39 is 0 Å². The first-order valence-corrected chi connectivity index (χ1v) is 4.19. The summed E-state index contributed by atoms with van der Waals surface area (Å²) >= 11 is 0. The molecule has 1 rings (SSSR count). The molecular formula is C9H8B3N. The van der Waals surface area contributed by atoms with E-state index in [4.69, 9.17) is 13.0 Å². The lowest BCUT2D eigenvalue weighted by Gasteiger charge is -2.07. The summed E-state index contributed by atoms with van der Waals surface area (Å²) in [6, 6.07) is 12.0. The summed E-state index contributed by atoms with van der Waals surface area (Å²) in [5.74, 6) is -0.0824. The lowest BCUT2D eigenvalue weighted by Crippen LogP contribution is -2.07. The van der Waals surface area contributed by atoms with Crippen molar-refractivity contribution in [2.45, 2.75) is 12.2 Å². The molecular weight excluding hydrogens is 155 g/mol. The van der Waals surface area contributed by atoms with Gasteiger partial charge in [0.05, 0.1) is 19.2 Å². The van der Waals surface area contributed by atoms with Crippen molar-refractivity contribution in [2.75, 3.05) is 0 Å². The Morgan fingerprint density at radius 1 is 1.38 bits per heavy atom. The van der Waals surface area contributed by atoms with Gasteiger partial charge in [0.1, 0.15) is 0 Å². The van der Waals surface area contributed by atoms with E-state index in [1.165, 1.54) is 7.06 Å². The number of nitrogens with zero attached hydrogens (tertiary/aromatic N) is 1. The van der Waals surface area contributed by atoms with Crippen molar-refractivity contribution in [3.63, 3.8) is 0 Å². The zero-order valence-electron chi connectivity index (χ0n) is 7.35. The van der Waals surface area contributed by atoms with Crippen molar-refractivity contribution in [3.05, 3.63) is 35.9 Å². The first-order chi connectivity index (χ1) is 6.38. The second kappa shape index (κ2) is 5.53. The van der Waals surface area contributed by atoms with Crippen LogP contribution in [-0.4, -0.2) is 22.0 Å². The molecule has 1 aromatic rings. The molecule has 0 amide bonds. The van der Waals surface area contributed by atoms with Gasteiger partial charge in [0.15, 0.2) is 0 Å². The van der Waals surface area contributed by atoms with Gasteiger partial charge in [-0.1, -0.05) is 36.7 Å². The van der Waals surface area contributed by atoms with E-state index in [1.54, 1.807) is 7.17 Å². The highest BCUT2D eigenvalue weighted by Gasteiger charge is 2.08. The summed E-state index contributed by atoms with van der Waals surface area (Å²) < 4.78 is 0. The molecule has 0 aliphatic rings. The maximum atomic E-state index is 8.88. The van der Waals surface area contributed by atoms with E-state index in [1.807, 2.05) is 30.3 Å². The molecule has 0 bridgehead atoms. The third-order valence-electron chi connectivity index (χ3n) is 1.87. The molecule has 58 valence electrons. The van der Waals surface area contributed by atoms with E-state index in [0.717, 1.165) is 5.56 Å². The minimum absolute atomic E-state index is 0.0824. The Morgan fingerprint density at radius 3 is 2.62 bits per heavy atom. The van der Waals surface area contributed by atoms with Crippen LogP contribution in [0.2, 0.25) is 6.32 Å². The highest BCUT2D eigenvalue weighted by atomic mass is 14.3. The lowest BCUT2D eigenvalue weighted by atomic mass is 9.26. The van der Waals surface area contributed by atoms with Crippen LogP contribution in [0.5, 0.6) is 0 Å². The third kappa shape index (κ3) is 3.03. The van der Waals surface area contributed by atoms with Crippen LogP contribution in [0, 0.1) is 11.3 Å². The Morgan fingerprint density at radius 2 is 2.08 bits per heavy atom. The number of rotatable bonds is 4. The minimum atomic E-state index is -0.0824. The fraction of sp³-hybridized carbons (Fsp3) is 0.222. The summed E-state index contributed by atoms with van der Waals surface area (Å²) in [7, 11) is 8.51. The van der Waals surface area contributed by atoms with Gasteiger partial charge in [-0.25, -0.2) is 0 Å². The van der Waals surface area contributed by atoms with Crippen molar-refractivity contribution >= 4 is 22.0 Å². The SMILES string of the molecule is [B][B][B]CC(C#N)c1ccccc1. The number of hydrogen-bond acceptors (Lipinski definition) is 1. The van der Waals surface area contributed by atoms with E-state index in [9.17, 15) is 0 Å². The first kappa shape index (κ1) is 9.99. The van der Waals surface area contributed by atoms with Gasteiger partial charge in [-0.2, -0.15) is 5.26 Å². The third-order valence-corrected chi connectivity index (χ3v) is 1.87. The van der Waals surface area contributed by atoms with Crippen LogP contribution < -0.4 is 0 Å². The Labute approximate surface area is 82.0 Å². The average Bonchev–Trinajstić information content (AvgIpc) is 2.21. The van der Waals surface area contributed by atoms with Crippen molar-refractivity contribution in [1.29, 1.82) is 5.26 Å². The van der Waals surface area contributed by atoms with E-state index in [0.29, 0.717) is 6.32 Å². The minimum Gasteiger partial charge on any atom is -0.198 e. The second-order valence-corrected chi connectivity index (χ2v) is 2.76. The highest BCUT2D eigenvalue weighted by molar-refractivity contribution is 7.23. The zero-order chi connectivity index (χ0) is 9.52. The molecule has 13 heavy (non-hydrogen) atoms. The van der Waals surface area contributed by atoms with Gasteiger partial charge in [0.25, 0.3) is 0 Å². The van der Waals surface area contributed by atoms with Gasteiger partial charge in [-0.15, -0.1) is 0 Å². The van der Waals surface area contributed by atoms with E-state index >= 15 is 0 Å². The molecule has 0 aliphatic carbocycles. The summed E-state index contributed by atoms with van der Waals surface area (Å²) in [5.41, 5.74) is 1.04. The van der Waals surface area contributed by atoms with E-state index in [-0.39, 0.29) is 5.92 Å². The molecule has 1 aromatic carbocycles. The Bertz CT molecular complexity index is 281. The monoisotopic (exact) mass is 163 g/mol. The van der Waals surface area contributed by atoms with Gasteiger partial charge in [-0.05, 0) is 5.56 Å². The fourth-order valence-electron chi connectivity index (χ4n) is 1.16. The van der Waals surface area contributed by atoms with Gasteiger partial charge in [0.2, 0.25) is 0 Å². The normalized spacial score (nSPS) is 11.3. The topological polar surface area (TPSA) is 23.8 Å². The molecule has 0 heterocycles. The van der Waals surface area contributed by atoms with Crippen molar-refractivity contribution in [1.82, 2.24) is 0 Å².